The van der Waals surface area contributed by atoms with Crippen LogP contribution in [-0.2, 0) is 23.8 Å². The lowest BCUT2D eigenvalue weighted by Gasteiger charge is -2.21. The highest BCUT2D eigenvalue weighted by molar-refractivity contribution is 5.96. The number of carbonyl (C=O) groups excluding carboxylic acids is 2. The highest BCUT2D eigenvalue weighted by Crippen LogP contribution is 2.14. The molecule has 5 nitrogen and oxygen atoms in total. The summed E-state index contributed by atoms with van der Waals surface area (Å²) in [6.07, 6.45) is 1.76. The van der Waals surface area contributed by atoms with Crippen LogP contribution in [0, 0.1) is 5.92 Å². The van der Waals surface area contributed by atoms with Gasteiger partial charge < -0.3 is 14.2 Å². The Balaban J connectivity index is 2.05. The van der Waals surface area contributed by atoms with Gasteiger partial charge in [0.2, 0.25) is 0 Å². The van der Waals surface area contributed by atoms with E-state index in [0.29, 0.717) is 19.1 Å². The van der Waals surface area contributed by atoms with Gasteiger partial charge in [-0.25, -0.2) is 0 Å². The SMILES string of the molecule is CCOC(=O)CC(=O)COCC1CCOCC1. The number of hydrogen-bond donors (Lipinski definition) is 0. The van der Waals surface area contributed by atoms with E-state index in [2.05, 4.69) is 4.74 Å². The molecule has 5 heteroatoms. The number of carbonyl (C=O) groups is 2. The van der Waals surface area contributed by atoms with Crippen molar-refractivity contribution in [3.63, 3.8) is 0 Å². The highest BCUT2D eigenvalue weighted by atomic mass is 16.5. The third-order valence-corrected chi connectivity index (χ3v) is 2.60. The zero-order valence-electron chi connectivity index (χ0n) is 10.3. The maximum Gasteiger partial charge on any atom is 0.313 e. The van der Waals surface area contributed by atoms with Gasteiger partial charge in [0.25, 0.3) is 0 Å². The summed E-state index contributed by atoms with van der Waals surface area (Å²) in [4.78, 5) is 22.3. The summed E-state index contributed by atoms with van der Waals surface area (Å²) in [5, 5.41) is 0. The van der Waals surface area contributed by atoms with E-state index in [-0.39, 0.29) is 18.8 Å². The van der Waals surface area contributed by atoms with Crippen LogP contribution in [0.15, 0.2) is 0 Å². The highest BCUT2D eigenvalue weighted by Gasteiger charge is 2.15. The molecule has 1 saturated heterocycles. The van der Waals surface area contributed by atoms with Crippen LogP contribution >= 0.6 is 0 Å². The third kappa shape index (κ3) is 6.38. The first kappa shape index (κ1) is 14.1. The Kier molecular flexibility index (Phi) is 6.81. The smallest absolute Gasteiger partial charge is 0.313 e. The molecule has 0 aromatic carbocycles. The Morgan fingerprint density at radius 1 is 1.29 bits per heavy atom. The van der Waals surface area contributed by atoms with Crippen LogP contribution < -0.4 is 0 Å². The van der Waals surface area contributed by atoms with Crippen LogP contribution in [0.4, 0.5) is 0 Å². The quantitative estimate of drug-likeness (QED) is 0.493. The zero-order chi connectivity index (χ0) is 12.5. The number of esters is 1. The first-order chi connectivity index (χ1) is 8.22. The average molecular weight is 244 g/mol. The minimum absolute atomic E-state index is 0.00380. The molecule has 0 N–H and O–H groups in total. The first-order valence-corrected chi connectivity index (χ1v) is 6.05. The van der Waals surface area contributed by atoms with Crippen LogP contribution in [0.25, 0.3) is 0 Å². The second-order valence-corrected chi connectivity index (χ2v) is 4.09. The van der Waals surface area contributed by atoms with E-state index in [4.69, 9.17) is 9.47 Å². The van der Waals surface area contributed by atoms with Crippen LogP contribution in [0.5, 0.6) is 0 Å². The fourth-order valence-corrected chi connectivity index (χ4v) is 1.68. The van der Waals surface area contributed by atoms with Crippen molar-refractivity contribution in [2.24, 2.45) is 5.92 Å². The van der Waals surface area contributed by atoms with E-state index in [0.717, 1.165) is 26.1 Å². The predicted molar refractivity (Wildman–Crippen MR) is 60.6 cm³/mol. The molecule has 0 radical (unpaired) electrons. The van der Waals surface area contributed by atoms with Crippen LogP contribution in [0.3, 0.4) is 0 Å². The number of hydrogen-bond acceptors (Lipinski definition) is 5. The van der Waals surface area contributed by atoms with Gasteiger partial charge in [-0.05, 0) is 25.7 Å². The number of rotatable bonds is 7. The van der Waals surface area contributed by atoms with Crippen molar-refractivity contribution in [2.75, 3.05) is 33.0 Å². The van der Waals surface area contributed by atoms with E-state index in [1.165, 1.54) is 0 Å². The summed E-state index contributed by atoms with van der Waals surface area (Å²) in [5.74, 6) is -0.234. The molecule has 98 valence electrons. The standard InChI is InChI=1S/C12H20O5/c1-2-17-12(14)7-11(13)9-16-8-10-3-5-15-6-4-10/h10H,2-9H2,1H3. The summed E-state index contributed by atoms with van der Waals surface area (Å²) in [7, 11) is 0. The fourth-order valence-electron chi connectivity index (χ4n) is 1.68. The second-order valence-electron chi connectivity index (χ2n) is 4.09. The van der Waals surface area contributed by atoms with Crippen molar-refractivity contribution in [3.05, 3.63) is 0 Å². The van der Waals surface area contributed by atoms with Crippen molar-refractivity contribution < 1.29 is 23.8 Å². The summed E-state index contributed by atoms with van der Waals surface area (Å²) in [6.45, 7) is 4.11. The molecule has 0 bridgehead atoms. The lowest BCUT2D eigenvalue weighted by molar-refractivity contribution is -0.146. The van der Waals surface area contributed by atoms with Gasteiger partial charge in [-0.2, -0.15) is 0 Å². The van der Waals surface area contributed by atoms with E-state index >= 15 is 0 Å². The Hall–Kier alpha value is -0.940. The summed E-state index contributed by atoms with van der Waals surface area (Å²) < 4.78 is 15.2. The van der Waals surface area contributed by atoms with Crippen LogP contribution in [0.2, 0.25) is 0 Å². The van der Waals surface area contributed by atoms with Gasteiger partial charge in [-0.1, -0.05) is 0 Å². The van der Waals surface area contributed by atoms with Crippen molar-refractivity contribution in [3.8, 4) is 0 Å². The molecule has 1 rings (SSSR count). The van der Waals surface area contributed by atoms with E-state index in [1.54, 1.807) is 6.92 Å². The second kappa shape index (κ2) is 8.20. The summed E-state index contributed by atoms with van der Waals surface area (Å²) >= 11 is 0. The topological polar surface area (TPSA) is 61.8 Å². The summed E-state index contributed by atoms with van der Waals surface area (Å²) in [5.41, 5.74) is 0. The maximum atomic E-state index is 11.3. The molecule has 1 heterocycles. The minimum Gasteiger partial charge on any atom is -0.466 e. The lowest BCUT2D eigenvalue weighted by atomic mass is 10.0. The van der Waals surface area contributed by atoms with Gasteiger partial charge in [0.1, 0.15) is 13.0 Å². The first-order valence-electron chi connectivity index (χ1n) is 6.05. The van der Waals surface area contributed by atoms with Crippen molar-refractivity contribution in [2.45, 2.75) is 26.2 Å². The third-order valence-electron chi connectivity index (χ3n) is 2.60. The monoisotopic (exact) mass is 244 g/mol. The lowest BCUT2D eigenvalue weighted by Crippen LogP contribution is -2.22. The molecule has 0 aromatic rings. The number of ketones is 1. The van der Waals surface area contributed by atoms with Gasteiger partial charge in [0.05, 0.1) is 13.2 Å². The molecule has 0 aromatic heterocycles. The van der Waals surface area contributed by atoms with Crippen molar-refractivity contribution >= 4 is 11.8 Å². The van der Waals surface area contributed by atoms with Crippen molar-refractivity contribution in [1.29, 1.82) is 0 Å². The maximum absolute atomic E-state index is 11.3. The van der Waals surface area contributed by atoms with Crippen molar-refractivity contribution in [1.82, 2.24) is 0 Å². The van der Waals surface area contributed by atoms with E-state index < -0.39 is 5.97 Å². The molecular formula is C12H20O5. The fraction of sp³-hybridized carbons (Fsp3) is 0.833. The number of ether oxygens (including phenoxy) is 3. The molecule has 0 unspecified atom stereocenters. The van der Waals surface area contributed by atoms with Gasteiger partial charge in [-0.15, -0.1) is 0 Å². The molecule has 1 aliphatic rings. The van der Waals surface area contributed by atoms with Gasteiger partial charge in [0.15, 0.2) is 5.78 Å². The minimum atomic E-state index is -0.479. The van der Waals surface area contributed by atoms with Crippen LogP contribution in [-0.4, -0.2) is 44.8 Å². The molecule has 0 amide bonds. The Labute approximate surface area is 101 Å². The van der Waals surface area contributed by atoms with Gasteiger partial charge in [0, 0.05) is 13.2 Å². The largest absolute Gasteiger partial charge is 0.466 e. The average Bonchev–Trinajstić information content (AvgIpc) is 2.30. The molecule has 0 atom stereocenters. The molecule has 0 aliphatic carbocycles. The molecule has 1 aliphatic heterocycles. The molecule has 1 fully saturated rings. The summed E-state index contributed by atoms with van der Waals surface area (Å²) in [6, 6.07) is 0. The zero-order valence-corrected chi connectivity index (χ0v) is 10.3. The van der Waals surface area contributed by atoms with E-state index in [1.807, 2.05) is 0 Å². The Morgan fingerprint density at radius 2 is 2.00 bits per heavy atom. The van der Waals surface area contributed by atoms with Gasteiger partial charge in [-0.3, -0.25) is 9.59 Å². The van der Waals surface area contributed by atoms with Gasteiger partial charge >= 0.3 is 5.97 Å². The molecular weight excluding hydrogens is 224 g/mol. The normalized spacial score (nSPS) is 16.8. The number of Topliss-reactive ketones (excluding diaryl/α,β-unsaturated/α-hetero) is 1. The predicted octanol–water partition coefficient (Wildman–Crippen LogP) is 0.952. The Bertz CT molecular complexity index is 245. The van der Waals surface area contributed by atoms with Crippen LogP contribution in [0.1, 0.15) is 26.2 Å². The Morgan fingerprint density at radius 3 is 2.65 bits per heavy atom. The molecule has 17 heavy (non-hydrogen) atoms. The van der Waals surface area contributed by atoms with E-state index in [9.17, 15) is 9.59 Å². The molecule has 0 spiro atoms. The molecule has 0 saturated carbocycles.